The maximum absolute atomic E-state index is 8.93. The lowest BCUT2D eigenvalue weighted by Gasteiger charge is -2.09. The van der Waals surface area contributed by atoms with Crippen LogP contribution in [0.4, 0.5) is 5.69 Å². The van der Waals surface area contributed by atoms with E-state index in [2.05, 4.69) is 17.5 Å². The van der Waals surface area contributed by atoms with Crippen LogP contribution < -0.4 is 10.1 Å². The maximum atomic E-state index is 8.93. The highest BCUT2D eigenvalue weighted by Crippen LogP contribution is 2.20. The first-order chi connectivity index (χ1) is 9.76. The van der Waals surface area contributed by atoms with Gasteiger partial charge in [-0.25, -0.2) is 0 Å². The molecule has 0 saturated carbocycles. The highest BCUT2D eigenvalue weighted by molar-refractivity contribution is 5.50. The van der Waals surface area contributed by atoms with E-state index in [9.17, 15) is 0 Å². The number of anilines is 1. The molecule has 0 atom stereocenters. The zero-order chi connectivity index (χ0) is 14.4. The second kappa shape index (κ2) is 6.26. The number of rotatable bonds is 4. The zero-order valence-corrected chi connectivity index (χ0v) is 11.1. The molecule has 0 aliphatic heterocycles. The molecular formula is C16H13N3O. The molecule has 98 valence electrons. The maximum Gasteiger partial charge on any atom is 0.136 e. The van der Waals surface area contributed by atoms with E-state index >= 15 is 0 Å². The fourth-order valence-corrected chi connectivity index (χ4v) is 1.84. The van der Waals surface area contributed by atoms with Gasteiger partial charge in [0.05, 0.1) is 24.3 Å². The van der Waals surface area contributed by atoms with E-state index < -0.39 is 0 Å². The third-order valence-corrected chi connectivity index (χ3v) is 2.87. The summed E-state index contributed by atoms with van der Waals surface area (Å²) in [4.78, 5) is 0. The highest BCUT2D eigenvalue weighted by atomic mass is 16.5. The first-order valence-electron chi connectivity index (χ1n) is 6.08. The van der Waals surface area contributed by atoms with E-state index in [0.29, 0.717) is 23.4 Å². The van der Waals surface area contributed by atoms with Crippen LogP contribution in [0.2, 0.25) is 0 Å². The summed E-state index contributed by atoms with van der Waals surface area (Å²) in [6.45, 7) is 0.594. The Labute approximate surface area is 117 Å². The molecular weight excluding hydrogens is 250 g/mol. The van der Waals surface area contributed by atoms with Crippen LogP contribution in [0.3, 0.4) is 0 Å². The third kappa shape index (κ3) is 3.07. The Bertz CT molecular complexity index is 696. The lowest BCUT2D eigenvalue weighted by molar-refractivity contribution is 0.413. The van der Waals surface area contributed by atoms with Crippen LogP contribution in [0.5, 0.6) is 5.75 Å². The van der Waals surface area contributed by atoms with Gasteiger partial charge in [0.2, 0.25) is 0 Å². The molecule has 0 bridgehead atoms. The molecule has 0 amide bonds. The normalized spacial score (nSPS) is 9.35. The van der Waals surface area contributed by atoms with Crippen molar-refractivity contribution in [1.29, 1.82) is 10.5 Å². The molecule has 4 heteroatoms. The average Bonchev–Trinajstić information content (AvgIpc) is 2.52. The summed E-state index contributed by atoms with van der Waals surface area (Å²) >= 11 is 0. The van der Waals surface area contributed by atoms with E-state index in [-0.39, 0.29) is 0 Å². The number of nitrogens with zero attached hydrogens (tertiary/aromatic N) is 2. The SMILES string of the molecule is COc1cc(CNc2cccc(C#N)c2)ccc1C#N. The first kappa shape index (κ1) is 13.5. The summed E-state index contributed by atoms with van der Waals surface area (Å²) in [7, 11) is 1.55. The second-order valence-electron chi connectivity index (χ2n) is 4.19. The van der Waals surface area contributed by atoms with Crippen LogP contribution in [0, 0.1) is 22.7 Å². The van der Waals surface area contributed by atoms with Crippen LogP contribution in [-0.4, -0.2) is 7.11 Å². The van der Waals surface area contributed by atoms with Crippen molar-refractivity contribution in [3.8, 4) is 17.9 Å². The lowest BCUT2D eigenvalue weighted by atomic mass is 10.1. The minimum atomic E-state index is 0.516. The first-order valence-corrected chi connectivity index (χ1v) is 6.08. The van der Waals surface area contributed by atoms with E-state index in [4.69, 9.17) is 15.3 Å². The van der Waals surface area contributed by atoms with E-state index in [1.165, 1.54) is 0 Å². The Balaban J connectivity index is 2.11. The summed E-state index contributed by atoms with van der Waals surface area (Å²) in [6, 6.07) is 16.9. The Hall–Kier alpha value is -2.98. The zero-order valence-electron chi connectivity index (χ0n) is 11.1. The van der Waals surface area contributed by atoms with Crippen molar-refractivity contribution >= 4 is 5.69 Å². The minimum Gasteiger partial charge on any atom is -0.495 e. The largest absolute Gasteiger partial charge is 0.495 e. The molecule has 0 radical (unpaired) electrons. The van der Waals surface area contributed by atoms with Gasteiger partial charge in [-0.2, -0.15) is 10.5 Å². The topological polar surface area (TPSA) is 68.8 Å². The van der Waals surface area contributed by atoms with Crippen LogP contribution in [0.25, 0.3) is 0 Å². The molecule has 0 aliphatic rings. The molecule has 20 heavy (non-hydrogen) atoms. The number of hydrogen-bond acceptors (Lipinski definition) is 4. The number of nitriles is 2. The van der Waals surface area contributed by atoms with Gasteiger partial charge in [-0.15, -0.1) is 0 Å². The summed E-state index contributed by atoms with van der Waals surface area (Å²) in [5.41, 5.74) is 3.02. The van der Waals surface area contributed by atoms with Gasteiger partial charge in [-0.1, -0.05) is 12.1 Å². The van der Waals surface area contributed by atoms with E-state index in [1.807, 2.05) is 24.3 Å². The summed E-state index contributed by atoms with van der Waals surface area (Å²) in [5.74, 6) is 0.567. The molecule has 2 rings (SSSR count). The van der Waals surface area contributed by atoms with Gasteiger partial charge < -0.3 is 10.1 Å². The van der Waals surface area contributed by atoms with Gasteiger partial charge in [0.1, 0.15) is 11.8 Å². The molecule has 1 N–H and O–H groups in total. The van der Waals surface area contributed by atoms with Gasteiger partial charge >= 0.3 is 0 Å². The minimum absolute atomic E-state index is 0.516. The van der Waals surface area contributed by atoms with Gasteiger partial charge in [0, 0.05) is 12.2 Å². The third-order valence-electron chi connectivity index (χ3n) is 2.87. The Morgan fingerprint density at radius 2 is 1.95 bits per heavy atom. The number of benzene rings is 2. The van der Waals surface area contributed by atoms with Gasteiger partial charge in [-0.05, 0) is 35.9 Å². The quantitative estimate of drug-likeness (QED) is 0.920. The Kier molecular flexibility index (Phi) is 4.21. The number of hydrogen-bond donors (Lipinski definition) is 1. The van der Waals surface area contributed by atoms with Crippen molar-refractivity contribution in [3.63, 3.8) is 0 Å². The van der Waals surface area contributed by atoms with Crippen molar-refractivity contribution < 1.29 is 4.74 Å². The lowest BCUT2D eigenvalue weighted by Crippen LogP contribution is -2.00. The summed E-state index contributed by atoms with van der Waals surface area (Å²) in [6.07, 6.45) is 0. The molecule has 0 fully saturated rings. The van der Waals surface area contributed by atoms with Crippen molar-refractivity contribution in [2.75, 3.05) is 12.4 Å². The Morgan fingerprint density at radius 3 is 2.65 bits per heavy atom. The van der Waals surface area contributed by atoms with Crippen LogP contribution in [-0.2, 0) is 6.54 Å². The second-order valence-corrected chi connectivity index (χ2v) is 4.19. The van der Waals surface area contributed by atoms with Crippen LogP contribution >= 0.6 is 0 Å². The number of ether oxygens (including phenoxy) is 1. The molecule has 2 aromatic carbocycles. The van der Waals surface area contributed by atoms with Crippen molar-refractivity contribution in [2.45, 2.75) is 6.54 Å². The predicted molar refractivity (Wildman–Crippen MR) is 76.2 cm³/mol. The van der Waals surface area contributed by atoms with E-state index in [1.54, 1.807) is 25.3 Å². The fourth-order valence-electron chi connectivity index (χ4n) is 1.84. The Morgan fingerprint density at radius 1 is 1.10 bits per heavy atom. The monoisotopic (exact) mass is 263 g/mol. The van der Waals surface area contributed by atoms with Crippen molar-refractivity contribution in [1.82, 2.24) is 0 Å². The molecule has 0 aliphatic carbocycles. The molecule has 0 saturated heterocycles. The molecule has 0 heterocycles. The number of nitrogens with one attached hydrogen (secondary N) is 1. The van der Waals surface area contributed by atoms with Gasteiger partial charge in [0.25, 0.3) is 0 Å². The molecule has 0 unspecified atom stereocenters. The van der Waals surface area contributed by atoms with Crippen molar-refractivity contribution in [3.05, 3.63) is 59.2 Å². The van der Waals surface area contributed by atoms with Gasteiger partial charge in [-0.3, -0.25) is 0 Å². The van der Waals surface area contributed by atoms with Crippen LogP contribution in [0.15, 0.2) is 42.5 Å². The molecule has 0 spiro atoms. The average molecular weight is 263 g/mol. The summed E-state index contributed by atoms with van der Waals surface area (Å²) in [5, 5.41) is 21.0. The highest BCUT2D eigenvalue weighted by Gasteiger charge is 2.03. The van der Waals surface area contributed by atoms with Crippen molar-refractivity contribution in [2.24, 2.45) is 0 Å². The van der Waals surface area contributed by atoms with E-state index in [0.717, 1.165) is 11.3 Å². The number of methoxy groups -OCH3 is 1. The molecule has 2 aromatic rings. The fraction of sp³-hybridized carbons (Fsp3) is 0.125. The standard InChI is InChI=1S/C16H13N3O/c1-20-16-8-13(5-6-14(16)10-18)11-19-15-4-2-3-12(7-15)9-17/h2-8,19H,11H2,1H3. The molecule has 0 aromatic heterocycles. The smallest absolute Gasteiger partial charge is 0.136 e. The van der Waals surface area contributed by atoms with Crippen LogP contribution in [0.1, 0.15) is 16.7 Å². The summed E-state index contributed by atoms with van der Waals surface area (Å²) < 4.78 is 5.17. The molecule has 4 nitrogen and oxygen atoms in total. The predicted octanol–water partition coefficient (Wildman–Crippen LogP) is 3.05. The van der Waals surface area contributed by atoms with Gasteiger partial charge in [0.15, 0.2) is 0 Å².